The van der Waals surface area contributed by atoms with Crippen LogP contribution >= 0.6 is 11.6 Å². The van der Waals surface area contributed by atoms with Crippen LogP contribution in [0.25, 0.3) is 22.4 Å². The van der Waals surface area contributed by atoms with Gasteiger partial charge in [0, 0.05) is 22.7 Å². The number of aromatic nitrogens is 2. The summed E-state index contributed by atoms with van der Waals surface area (Å²) in [4.78, 5) is 4.76. The van der Waals surface area contributed by atoms with E-state index in [1.807, 2.05) is 28.8 Å². The minimum Gasteiger partial charge on any atom is -0.358 e. The SMILES string of the molecule is Fc1cc2nc(-c3ccc(Cl)cc3)n(C(CC3CCCCC3)OCC3CCCCC3)c2cc1F. The molecule has 2 fully saturated rings. The van der Waals surface area contributed by atoms with Crippen LogP contribution in [0.15, 0.2) is 36.4 Å². The fourth-order valence-corrected chi connectivity index (χ4v) is 5.87. The Balaban J connectivity index is 1.56. The highest BCUT2D eigenvalue weighted by Crippen LogP contribution is 2.38. The number of benzene rings is 2. The molecule has 0 radical (unpaired) electrons. The van der Waals surface area contributed by atoms with Gasteiger partial charge in [0.15, 0.2) is 11.6 Å². The zero-order valence-corrected chi connectivity index (χ0v) is 20.4. The second kappa shape index (κ2) is 10.7. The van der Waals surface area contributed by atoms with Crippen molar-refractivity contribution in [1.82, 2.24) is 9.55 Å². The van der Waals surface area contributed by atoms with Gasteiger partial charge in [-0.25, -0.2) is 13.8 Å². The number of ether oxygens (including phenoxy) is 1. The molecule has 0 bridgehead atoms. The summed E-state index contributed by atoms with van der Waals surface area (Å²) in [6.07, 6.45) is 13.0. The van der Waals surface area contributed by atoms with Gasteiger partial charge in [-0.15, -0.1) is 0 Å². The van der Waals surface area contributed by atoms with Crippen LogP contribution in [0, 0.1) is 23.5 Å². The molecule has 6 heteroatoms. The Labute approximate surface area is 205 Å². The molecule has 0 N–H and O–H groups in total. The van der Waals surface area contributed by atoms with Crippen LogP contribution in [0.2, 0.25) is 5.02 Å². The van der Waals surface area contributed by atoms with Gasteiger partial charge in [-0.3, -0.25) is 4.57 Å². The summed E-state index contributed by atoms with van der Waals surface area (Å²) in [5, 5.41) is 0.635. The van der Waals surface area contributed by atoms with Gasteiger partial charge in [0.25, 0.3) is 0 Å². The normalized spacial score (nSPS) is 19.0. The lowest BCUT2D eigenvalue weighted by atomic mass is 9.86. The number of nitrogens with zero attached hydrogens (tertiary/aromatic N) is 2. The molecule has 2 aromatic carbocycles. The van der Waals surface area contributed by atoms with Gasteiger partial charge in [0.05, 0.1) is 17.6 Å². The topological polar surface area (TPSA) is 27.1 Å². The highest BCUT2D eigenvalue weighted by Gasteiger charge is 2.27. The molecule has 1 atom stereocenters. The highest BCUT2D eigenvalue weighted by atomic mass is 35.5. The quantitative estimate of drug-likeness (QED) is 0.334. The van der Waals surface area contributed by atoms with Gasteiger partial charge in [-0.2, -0.15) is 0 Å². The van der Waals surface area contributed by atoms with Crippen molar-refractivity contribution in [2.24, 2.45) is 11.8 Å². The first kappa shape index (κ1) is 23.7. The van der Waals surface area contributed by atoms with Gasteiger partial charge >= 0.3 is 0 Å². The van der Waals surface area contributed by atoms with Gasteiger partial charge in [0.1, 0.15) is 12.1 Å². The number of hydrogen-bond donors (Lipinski definition) is 0. The first-order valence-electron chi connectivity index (χ1n) is 12.8. The molecule has 34 heavy (non-hydrogen) atoms. The highest BCUT2D eigenvalue weighted by molar-refractivity contribution is 6.30. The molecule has 1 aromatic heterocycles. The number of imidazole rings is 1. The van der Waals surface area contributed by atoms with Gasteiger partial charge in [0.2, 0.25) is 0 Å². The van der Waals surface area contributed by atoms with E-state index in [-0.39, 0.29) is 6.23 Å². The molecule has 5 rings (SSSR count). The summed E-state index contributed by atoms with van der Waals surface area (Å²) >= 11 is 6.14. The predicted octanol–water partition coefficient (Wildman–Crippen LogP) is 8.70. The lowest BCUT2D eigenvalue weighted by Crippen LogP contribution is -2.23. The molecule has 2 saturated carbocycles. The first-order valence-corrected chi connectivity index (χ1v) is 13.2. The van der Waals surface area contributed by atoms with Crippen LogP contribution in [0.3, 0.4) is 0 Å². The second-order valence-corrected chi connectivity index (χ2v) is 10.5. The Morgan fingerprint density at radius 3 is 2.18 bits per heavy atom. The van der Waals surface area contributed by atoms with Crippen molar-refractivity contribution in [2.45, 2.75) is 76.9 Å². The average Bonchev–Trinajstić information content (AvgIpc) is 3.21. The minimum absolute atomic E-state index is 0.273. The van der Waals surface area contributed by atoms with E-state index in [1.165, 1.54) is 76.3 Å². The lowest BCUT2D eigenvalue weighted by Gasteiger charge is -2.31. The Kier molecular flexibility index (Phi) is 7.50. The Morgan fingerprint density at radius 2 is 1.50 bits per heavy atom. The molecule has 2 aliphatic carbocycles. The summed E-state index contributed by atoms with van der Waals surface area (Å²) in [7, 11) is 0. The van der Waals surface area contributed by atoms with Crippen molar-refractivity contribution in [1.29, 1.82) is 0 Å². The zero-order chi connectivity index (χ0) is 23.5. The molecule has 0 spiro atoms. The Morgan fingerprint density at radius 1 is 0.882 bits per heavy atom. The van der Waals surface area contributed by atoms with Crippen LogP contribution in [0.4, 0.5) is 8.78 Å². The molecule has 182 valence electrons. The summed E-state index contributed by atoms with van der Waals surface area (Å²) in [6.45, 7) is 0.695. The minimum atomic E-state index is -0.883. The van der Waals surface area contributed by atoms with E-state index in [0.29, 0.717) is 40.3 Å². The maximum Gasteiger partial charge on any atom is 0.161 e. The number of rotatable bonds is 7. The van der Waals surface area contributed by atoms with E-state index in [4.69, 9.17) is 21.3 Å². The van der Waals surface area contributed by atoms with Gasteiger partial charge in [-0.1, -0.05) is 63.0 Å². The summed E-state index contributed by atoms with van der Waals surface area (Å²) < 4.78 is 37.2. The molecule has 3 nitrogen and oxygen atoms in total. The maximum absolute atomic E-state index is 14.4. The van der Waals surface area contributed by atoms with E-state index >= 15 is 0 Å². The van der Waals surface area contributed by atoms with Gasteiger partial charge in [-0.05, 0) is 55.4 Å². The van der Waals surface area contributed by atoms with Crippen molar-refractivity contribution in [3.05, 3.63) is 53.1 Å². The molecule has 2 aliphatic rings. The fourth-order valence-electron chi connectivity index (χ4n) is 5.74. The van der Waals surface area contributed by atoms with E-state index in [1.54, 1.807) is 0 Å². The Bertz CT molecular complexity index is 1100. The third kappa shape index (κ3) is 5.31. The van der Waals surface area contributed by atoms with Crippen molar-refractivity contribution < 1.29 is 13.5 Å². The summed E-state index contributed by atoms with van der Waals surface area (Å²) in [5.41, 5.74) is 1.88. The lowest BCUT2D eigenvalue weighted by molar-refractivity contribution is -0.0360. The third-order valence-electron chi connectivity index (χ3n) is 7.63. The van der Waals surface area contributed by atoms with Crippen LogP contribution in [0.1, 0.15) is 76.9 Å². The standard InChI is InChI=1S/C28H33ClF2N2O/c29-22-13-11-21(12-14-22)28-32-25-16-23(30)24(31)17-26(25)33(28)27(15-19-7-3-1-4-8-19)34-18-20-9-5-2-6-10-20/h11-14,16-17,19-20,27H,1-10,15,18H2. The second-order valence-electron chi connectivity index (χ2n) is 10.1. The number of halogens is 3. The molecule has 0 amide bonds. The van der Waals surface area contributed by atoms with Crippen molar-refractivity contribution in [2.75, 3.05) is 6.61 Å². The van der Waals surface area contributed by atoms with Crippen molar-refractivity contribution in [3.8, 4) is 11.4 Å². The molecular formula is C28H33ClF2N2O. The molecule has 1 heterocycles. The molecule has 3 aromatic rings. The van der Waals surface area contributed by atoms with E-state index in [9.17, 15) is 8.78 Å². The van der Waals surface area contributed by atoms with Crippen molar-refractivity contribution in [3.63, 3.8) is 0 Å². The van der Waals surface area contributed by atoms with Crippen LogP contribution in [-0.4, -0.2) is 16.2 Å². The van der Waals surface area contributed by atoms with Crippen molar-refractivity contribution >= 4 is 22.6 Å². The molecular weight excluding hydrogens is 454 g/mol. The maximum atomic E-state index is 14.4. The summed E-state index contributed by atoms with van der Waals surface area (Å²) in [5.74, 6) is 0.0457. The average molecular weight is 487 g/mol. The monoisotopic (exact) mass is 486 g/mol. The van der Waals surface area contributed by atoms with E-state index < -0.39 is 11.6 Å². The van der Waals surface area contributed by atoms with E-state index in [2.05, 4.69) is 0 Å². The van der Waals surface area contributed by atoms with Crippen LogP contribution in [-0.2, 0) is 4.74 Å². The predicted molar refractivity (Wildman–Crippen MR) is 133 cm³/mol. The molecule has 1 unspecified atom stereocenters. The van der Waals surface area contributed by atoms with Crippen LogP contribution in [0.5, 0.6) is 0 Å². The van der Waals surface area contributed by atoms with E-state index in [0.717, 1.165) is 12.0 Å². The molecule has 0 aliphatic heterocycles. The number of hydrogen-bond acceptors (Lipinski definition) is 2. The Hall–Kier alpha value is -1.98. The zero-order valence-electron chi connectivity index (χ0n) is 19.6. The smallest absolute Gasteiger partial charge is 0.161 e. The van der Waals surface area contributed by atoms with Crippen LogP contribution < -0.4 is 0 Å². The van der Waals surface area contributed by atoms with Gasteiger partial charge < -0.3 is 4.74 Å². The third-order valence-corrected chi connectivity index (χ3v) is 7.88. The molecule has 0 saturated heterocycles. The summed E-state index contributed by atoms with van der Waals surface area (Å²) in [6, 6.07) is 9.92. The largest absolute Gasteiger partial charge is 0.358 e. The first-order chi connectivity index (χ1) is 16.6. The number of fused-ring (bicyclic) bond motifs is 1. The fraction of sp³-hybridized carbons (Fsp3) is 0.536.